The van der Waals surface area contributed by atoms with Gasteiger partial charge in [-0.2, -0.15) is 0 Å². The average molecular weight is 368 g/mol. The lowest BCUT2D eigenvalue weighted by atomic mass is 9.97. The van der Waals surface area contributed by atoms with Crippen molar-refractivity contribution in [2.75, 3.05) is 19.6 Å². The zero-order valence-electron chi connectivity index (χ0n) is 17.1. The normalized spacial score (nSPS) is 15.2. The van der Waals surface area contributed by atoms with E-state index < -0.39 is 0 Å². The van der Waals surface area contributed by atoms with Crippen molar-refractivity contribution in [3.63, 3.8) is 0 Å². The minimum Gasteiger partial charge on any atom is -0.366 e. The summed E-state index contributed by atoms with van der Waals surface area (Å²) in [7, 11) is 0. The molecule has 0 unspecified atom stereocenters. The zero-order valence-corrected chi connectivity index (χ0v) is 17.1. The second-order valence-electron chi connectivity index (χ2n) is 7.82. The van der Waals surface area contributed by atoms with Crippen molar-refractivity contribution in [2.24, 2.45) is 5.73 Å². The maximum Gasteiger partial charge on any atom is 0.251 e. The van der Waals surface area contributed by atoms with E-state index in [2.05, 4.69) is 47.6 Å². The van der Waals surface area contributed by atoms with Crippen LogP contribution in [0.4, 0.5) is 0 Å². The number of aryl methyl sites for hydroxylation is 1. The Morgan fingerprint density at radius 1 is 1.04 bits per heavy atom. The van der Waals surface area contributed by atoms with E-state index in [-0.39, 0.29) is 5.91 Å². The molecule has 2 heterocycles. The average Bonchev–Trinajstić information content (AvgIpc) is 2.94. The predicted octanol–water partition coefficient (Wildman–Crippen LogP) is 4.31. The Balaban J connectivity index is 2.02. The first kappa shape index (κ1) is 19.7. The van der Waals surface area contributed by atoms with Gasteiger partial charge in [-0.3, -0.25) is 4.79 Å². The van der Waals surface area contributed by atoms with Crippen LogP contribution in [-0.4, -0.2) is 35.0 Å². The van der Waals surface area contributed by atoms with Gasteiger partial charge in [0.25, 0.3) is 5.91 Å². The van der Waals surface area contributed by atoms with Crippen LogP contribution in [0, 0.1) is 13.8 Å². The maximum atomic E-state index is 12.4. The van der Waals surface area contributed by atoms with Gasteiger partial charge in [0.05, 0.1) is 5.56 Å². The second kappa shape index (κ2) is 8.75. The number of nitrogens with two attached hydrogens (primary N) is 1. The van der Waals surface area contributed by atoms with Crippen molar-refractivity contribution in [1.29, 1.82) is 0 Å². The van der Waals surface area contributed by atoms with Crippen molar-refractivity contribution < 1.29 is 4.79 Å². The number of likely N-dealkylation sites (tertiary alicyclic amines) is 1. The molecule has 1 aromatic heterocycles. The van der Waals surface area contributed by atoms with Crippen LogP contribution in [0.5, 0.6) is 0 Å². The Morgan fingerprint density at radius 2 is 1.70 bits per heavy atom. The Hall–Kier alpha value is -2.07. The SMILES string of the molecule is CCCc1c(-c2ccc(C)cc2)c(C(N)=O)c(C)n1CCN1CCCCC1. The first-order chi connectivity index (χ1) is 13.0. The molecule has 1 aromatic carbocycles. The number of rotatable bonds is 7. The zero-order chi connectivity index (χ0) is 19.4. The molecule has 0 saturated carbocycles. The Morgan fingerprint density at radius 3 is 2.30 bits per heavy atom. The van der Waals surface area contributed by atoms with Crippen molar-refractivity contribution in [2.45, 2.75) is 59.4 Å². The van der Waals surface area contributed by atoms with Crippen LogP contribution in [-0.2, 0) is 13.0 Å². The lowest BCUT2D eigenvalue weighted by Gasteiger charge is -2.27. The van der Waals surface area contributed by atoms with Gasteiger partial charge in [0.1, 0.15) is 0 Å². The van der Waals surface area contributed by atoms with Gasteiger partial charge in [-0.25, -0.2) is 0 Å². The fraction of sp³-hybridized carbons (Fsp3) is 0.522. The molecule has 0 radical (unpaired) electrons. The fourth-order valence-corrected chi connectivity index (χ4v) is 4.35. The lowest BCUT2D eigenvalue weighted by molar-refractivity contribution is 0.1000. The van der Waals surface area contributed by atoms with Crippen LogP contribution in [0.1, 0.15) is 59.9 Å². The van der Waals surface area contributed by atoms with E-state index in [0.717, 1.165) is 42.8 Å². The number of benzene rings is 1. The minimum atomic E-state index is -0.322. The molecule has 27 heavy (non-hydrogen) atoms. The van der Waals surface area contributed by atoms with E-state index in [0.29, 0.717) is 5.56 Å². The van der Waals surface area contributed by atoms with Crippen molar-refractivity contribution in [1.82, 2.24) is 9.47 Å². The number of carbonyl (C=O) groups is 1. The summed E-state index contributed by atoms with van der Waals surface area (Å²) in [5.41, 5.74) is 12.2. The molecule has 1 aliphatic rings. The Labute approximate surface area is 163 Å². The lowest BCUT2D eigenvalue weighted by Crippen LogP contribution is -2.33. The molecular formula is C23H33N3O. The van der Waals surface area contributed by atoms with Crippen molar-refractivity contribution in [3.8, 4) is 11.1 Å². The van der Waals surface area contributed by atoms with Gasteiger partial charge in [0.2, 0.25) is 0 Å². The van der Waals surface area contributed by atoms with E-state index in [4.69, 9.17) is 5.73 Å². The summed E-state index contributed by atoms with van der Waals surface area (Å²) in [6.45, 7) is 10.7. The summed E-state index contributed by atoms with van der Waals surface area (Å²) in [4.78, 5) is 14.9. The maximum absolute atomic E-state index is 12.4. The predicted molar refractivity (Wildman–Crippen MR) is 112 cm³/mol. The van der Waals surface area contributed by atoms with Gasteiger partial charge in [-0.05, 0) is 51.8 Å². The number of primary amides is 1. The number of hydrogen-bond acceptors (Lipinski definition) is 2. The molecule has 4 nitrogen and oxygen atoms in total. The molecule has 3 rings (SSSR count). The minimum absolute atomic E-state index is 0.322. The molecule has 0 atom stereocenters. The molecule has 1 fully saturated rings. The van der Waals surface area contributed by atoms with E-state index in [9.17, 15) is 4.79 Å². The van der Waals surface area contributed by atoms with Crippen LogP contribution in [0.3, 0.4) is 0 Å². The molecule has 146 valence electrons. The summed E-state index contributed by atoms with van der Waals surface area (Å²) in [5.74, 6) is -0.322. The number of hydrogen-bond donors (Lipinski definition) is 1. The molecule has 4 heteroatoms. The highest BCUT2D eigenvalue weighted by Gasteiger charge is 2.24. The molecule has 0 aliphatic carbocycles. The summed E-state index contributed by atoms with van der Waals surface area (Å²) < 4.78 is 2.35. The van der Waals surface area contributed by atoms with Crippen molar-refractivity contribution in [3.05, 3.63) is 46.8 Å². The number of aromatic nitrogens is 1. The van der Waals surface area contributed by atoms with Crippen LogP contribution >= 0.6 is 0 Å². The number of amides is 1. The highest BCUT2D eigenvalue weighted by Crippen LogP contribution is 2.34. The highest BCUT2D eigenvalue weighted by molar-refractivity contribution is 6.02. The van der Waals surface area contributed by atoms with E-state index in [1.165, 1.54) is 43.6 Å². The standard InChI is InChI=1S/C23H33N3O/c1-4-8-20-22(19-11-9-17(2)10-12-19)21(23(24)27)18(3)26(20)16-15-25-13-6-5-7-14-25/h9-12H,4-8,13-16H2,1-3H3,(H2,24,27). The summed E-state index contributed by atoms with van der Waals surface area (Å²) in [6, 6.07) is 8.45. The van der Waals surface area contributed by atoms with Gasteiger partial charge in [-0.1, -0.05) is 49.6 Å². The molecule has 0 bridgehead atoms. The van der Waals surface area contributed by atoms with Crippen LogP contribution in [0.15, 0.2) is 24.3 Å². The molecular weight excluding hydrogens is 334 g/mol. The number of carbonyl (C=O) groups excluding carboxylic acids is 1. The smallest absolute Gasteiger partial charge is 0.251 e. The van der Waals surface area contributed by atoms with E-state index in [1.807, 2.05) is 6.92 Å². The molecule has 1 amide bonds. The van der Waals surface area contributed by atoms with Crippen LogP contribution in [0.2, 0.25) is 0 Å². The van der Waals surface area contributed by atoms with E-state index in [1.54, 1.807) is 0 Å². The van der Waals surface area contributed by atoms with Crippen LogP contribution in [0.25, 0.3) is 11.1 Å². The van der Waals surface area contributed by atoms with Crippen molar-refractivity contribution >= 4 is 5.91 Å². The molecule has 1 saturated heterocycles. The Kier molecular flexibility index (Phi) is 6.38. The van der Waals surface area contributed by atoms with Gasteiger partial charge in [-0.15, -0.1) is 0 Å². The first-order valence-corrected chi connectivity index (χ1v) is 10.3. The van der Waals surface area contributed by atoms with Crippen LogP contribution < -0.4 is 5.73 Å². The van der Waals surface area contributed by atoms with Gasteiger partial charge >= 0.3 is 0 Å². The second-order valence-corrected chi connectivity index (χ2v) is 7.82. The van der Waals surface area contributed by atoms with Gasteiger partial charge < -0.3 is 15.2 Å². The monoisotopic (exact) mass is 367 g/mol. The summed E-state index contributed by atoms with van der Waals surface area (Å²) >= 11 is 0. The molecule has 1 aliphatic heterocycles. The third-order valence-electron chi connectivity index (χ3n) is 5.79. The summed E-state index contributed by atoms with van der Waals surface area (Å²) in [6.07, 6.45) is 5.95. The molecule has 2 N–H and O–H groups in total. The highest BCUT2D eigenvalue weighted by atomic mass is 16.1. The third kappa shape index (κ3) is 4.27. The number of nitrogens with zero attached hydrogens (tertiary/aromatic N) is 2. The molecule has 0 spiro atoms. The largest absolute Gasteiger partial charge is 0.366 e. The quantitative estimate of drug-likeness (QED) is 0.793. The third-order valence-corrected chi connectivity index (χ3v) is 5.79. The molecule has 2 aromatic rings. The first-order valence-electron chi connectivity index (χ1n) is 10.3. The Bertz CT molecular complexity index is 783. The van der Waals surface area contributed by atoms with Gasteiger partial charge in [0, 0.05) is 30.0 Å². The number of piperidine rings is 1. The summed E-state index contributed by atoms with van der Waals surface area (Å²) in [5, 5.41) is 0. The van der Waals surface area contributed by atoms with Gasteiger partial charge in [0.15, 0.2) is 0 Å². The fourth-order valence-electron chi connectivity index (χ4n) is 4.35. The van der Waals surface area contributed by atoms with E-state index >= 15 is 0 Å². The topological polar surface area (TPSA) is 51.3 Å².